The standard InChI is InChI=1S/C22H32N6O4/c1-25(2)18-9-7-8-17(14-18)23-20(15-28(31)32)24-19-10-3-4-13-27(22(19)30)16-21(29)26-11-5-6-12-26/h7-9,14,19H,3-6,10-13,15-16H2,1-2H3,(H,23,24)/t19-/m0/s1. The van der Waals surface area contributed by atoms with Crippen molar-refractivity contribution < 1.29 is 14.5 Å². The van der Waals surface area contributed by atoms with Crippen LogP contribution in [0.25, 0.3) is 0 Å². The van der Waals surface area contributed by atoms with Gasteiger partial charge in [-0.05, 0) is 50.3 Å². The molecule has 0 bridgehead atoms. The smallest absolute Gasteiger partial charge is 0.260 e. The molecule has 0 spiro atoms. The average Bonchev–Trinajstić information content (AvgIpc) is 3.23. The summed E-state index contributed by atoms with van der Waals surface area (Å²) in [7, 11) is 3.82. The number of nitro groups is 1. The number of carbonyl (C=O) groups is 2. The lowest BCUT2D eigenvalue weighted by Crippen LogP contribution is -2.45. The molecule has 0 aliphatic carbocycles. The zero-order valence-electron chi connectivity index (χ0n) is 18.8. The van der Waals surface area contributed by atoms with Crippen molar-refractivity contribution in [2.75, 3.05) is 57.0 Å². The monoisotopic (exact) mass is 444 g/mol. The van der Waals surface area contributed by atoms with E-state index in [4.69, 9.17) is 0 Å². The first kappa shape index (κ1) is 23.5. The van der Waals surface area contributed by atoms with Crippen LogP contribution in [0, 0.1) is 10.1 Å². The number of rotatable bonds is 7. The van der Waals surface area contributed by atoms with E-state index in [1.165, 1.54) is 0 Å². The molecule has 2 saturated heterocycles. The molecule has 174 valence electrons. The van der Waals surface area contributed by atoms with Crippen molar-refractivity contribution in [3.63, 3.8) is 0 Å². The molecule has 2 heterocycles. The maximum absolute atomic E-state index is 13.2. The number of nitrogens with zero attached hydrogens (tertiary/aromatic N) is 5. The molecule has 1 aromatic carbocycles. The van der Waals surface area contributed by atoms with Gasteiger partial charge in [0.1, 0.15) is 6.04 Å². The van der Waals surface area contributed by atoms with Gasteiger partial charge in [-0.15, -0.1) is 0 Å². The number of anilines is 2. The topological polar surface area (TPSA) is 111 Å². The van der Waals surface area contributed by atoms with Crippen LogP contribution in [0.1, 0.15) is 32.1 Å². The first-order valence-electron chi connectivity index (χ1n) is 11.1. The van der Waals surface area contributed by atoms with Crippen LogP contribution in [-0.4, -0.2) is 85.2 Å². The Morgan fingerprint density at radius 2 is 1.94 bits per heavy atom. The van der Waals surface area contributed by atoms with Gasteiger partial charge in [0.25, 0.3) is 6.54 Å². The fraction of sp³-hybridized carbons (Fsp3) is 0.591. The van der Waals surface area contributed by atoms with Crippen molar-refractivity contribution in [3.05, 3.63) is 34.4 Å². The minimum absolute atomic E-state index is 0.0374. The summed E-state index contributed by atoms with van der Waals surface area (Å²) in [5.41, 5.74) is 1.60. The van der Waals surface area contributed by atoms with Gasteiger partial charge >= 0.3 is 0 Å². The van der Waals surface area contributed by atoms with Crippen molar-refractivity contribution >= 4 is 29.0 Å². The quantitative estimate of drug-likeness (QED) is 0.297. The molecule has 10 nitrogen and oxygen atoms in total. The summed E-state index contributed by atoms with van der Waals surface area (Å²) in [4.78, 5) is 46.3. The number of hydrogen-bond acceptors (Lipinski definition) is 6. The highest BCUT2D eigenvalue weighted by Crippen LogP contribution is 2.19. The molecule has 1 aromatic rings. The summed E-state index contributed by atoms with van der Waals surface area (Å²) in [6.45, 7) is 1.53. The van der Waals surface area contributed by atoms with Crippen LogP contribution < -0.4 is 10.2 Å². The molecule has 0 radical (unpaired) electrons. The average molecular weight is 445 g/mol. The summed E-state index contributed by atoms with van der Waals surface area (Å²) >= 11 is 0. The number of amidine groups is 1. The van der Waals surface area contributed by atoms with Gasteiger partial charge in [0.05, 0.1) is 6.54 Å². The summed E-state index contributed by atoms with van der Waals surface area (Å²) in [6, 6.07) is 6.72. The van der Waals surface area contributed by atoms with E-state index in [1.807, 2.05) is 37.2 Å². The van der Waals surface area contributed by atoms with Crippen LogP contribution in [0.2, 0.25) is 0 Å². The van der Waals surface area contributed by atoms with Gasteiger partial charge in [-0.3, -0.25) is 24.7 Å². The van der Waals surface area contributed by atoms with E-state index < -0.39 is 17.5 Å². The number of amides is 2. The van der Waals surface area contributed by atoms with Crippen molar-refractivity contribution in [1.82, 2.24) is 9.80 Å². The van der Waals surface area contributed by atoms with Gasteiger partial charge in [-0.25, -0.2) is 0 Å². The lowest BCUT2D eigenvalue weighted by Gasteiger charge is -2.25. The minimum atomic E-state index is -0.733. The van der Waals surface area contributed by atoms with Crippen molar-refractivity contribution in [1.29, 1.82) is 0 Å². The third-order valence-electron chi connectivity index (χ3n) is 5.78. The Hall–Kier alpha value is -3.17. The summed E-state index contributed by atoms with van der Waals surface area (Å²) in [5.74, 6) is -0.138. The SMILES string of the molecule is CN(C)c1cccc(NC(C[N+](=O)[O-])=N[C@H]2CCCCN(CC(=O)N3CCCC3)C2=O)c1. The molecule has 1 N–H and O–H groups in total. The Bertz CT molecular complexity index is 866. The Labute approximate surface area is 188 Å². The molecule has 0 saturated carbocycles. The van der Waals surface area contributed by atoms with E-state index in [0.717, 1.165) is 44.5 Å². The number of nitrogens with one attached hydrogen (secondary N) is 1. The van der Waals surface area contributed by atoms with Gasteiger partial charge < -0.3 is 20.0 Å². The van der Waals surface area contributed by atoms with E-state index in [-0.39, 0.29) is 24.2 Å². The Morgan fingerprint density at radius 3 is 2.62 bits per heavy atom. The summed E-state index contributed by atoms with van der Waals surface area (Å²) in [6.07, 6.45) is 4.06. The highest BCUT2D eigenvalue weighted by molar-refractivity contribution is 5.99. The van der Waals surface area contributed by atoms with Crippen LogP contribution in [0.3, 0.4) is 0 Å². The molecule has 2 aliphatic rings. The highest BCUT2D eigenvalue weighted by Gasteiger charge is 2.30. The summed E-state index contributed by atoms with van der Waals surface area (Å²) < 4.78 is 0. The fourth-order valence-electron chi connectivity index (χ4n) is 4.04. The first-order valence-corrected chi connectivity index (χ1v) is 11.1. The fourth-order valence-corrected chi connectivity index (χ4v) is 4.04. The van der Waals surface area contributed by atoms with Gasteiger partial charge in [-0.2, -0.15) is 0 Å². The van der Waals surface area contributed by atoms with E-state index >= 15 is 0 Å². The third kappa shape index (κ3) is 6.41. The van der Waals surface area contributed by atoms with E-state index in [1.54, 1.807) is 15.9 Å². The second kappa shape index (κ2) is 10.9. The van der Waals surface area contributed by atoms with E-state index in [9.17, 15) is 19.7 Å². The second-order valence-electron chi connectivity index (χ2n) is 8.50. The molecule has 2 fully saturated rings. The molecule has 3 rings (SSSR count). The van der Waals surface area contributed by atoms with Gasteiger partial charge in [0.2, 0.25) is 11.8 Å². The third-order valence-corrected chi connectivity index (χ3v) is 5.78. The molecule has 2 aliphatic heterocycles. The van der Waals surface area contributed by atoms with Crippen molar-refractivity contribution in [2.24, 2.45) is 4.99 Å². The molecule has 32 heavy (non-hydrogen) atoms. The zero-order valence-corrected chi connectivity index (χ0v) is 18.8. The minimum Gasteiger partial charge on any atom is -0.378 e. The maximum Gasteiger partial charge on any atom is 0.260 e. The van der Waals surface area contributed by atoms with Crippen LogP contribution in [0.15, 0.2) is 29.3 Å². The molecule has 2 amide bonds. The van der Waals surface area contributed by atoms with Gasteiger partial charge in [-0.1, -0.05) is 6.07 Å². The molecule has 10 heteroatoms. The predicted molar refractivity (Wildman–Crippen MR) is 124 cm³/mol. The van der Waals surface area contributed by atoms with Crippen molar-refractivity contribution in [2.45, 2.75) is 38.1 Å². The molecule has 0 aromatic heterocycles. The Balaban J connectivity index is 1.76. The number of aliphatic imine (C=N–C) groups is 1. The second-order valence-corrected chi connectivity index (χ2v) is 8.50. The van der Waals surface area contributed by atoms with Gasteiger partial charge in [0, 0.05) is 50.0 Å². The molecule has 1 atom stereocenters. The number of benzene rings is 1. The largest absolute Gasteiger partial charge is 0.378 e. The van der Waals surface area contributed by atoms with E-state index in [0.29, 0.717) is 18.7 Å². The predicted octanol–water partition coefficient (Wildman–Crippen LogP) is 1.84. The van der Waals surface area contributed by atoms with Crippen molar-refractivity contribution in [3.8, 4) is 0 Å². The van der Waals surface area contributed by atoms with Crippen LogP contribution >= 0.6 is 0 Å². The zero-order chi connectivity index (χ0) is 23.1. The van der Waals surface area contributed by atoms with Crippen LogP contribution in [0.4, 0.5) is 11.4 Å². The summed E-state index contributed by atoms with van der Waals surface area (Å²) in [5, 5.41) is 14.3. The van der Waals surface area contributed by atoms with Gasteiger partial charge in [0.15, 0.2) is 5.84 Å². The Morgan fingerprint density at radius 1 is 1.22 bits per heavy atom. The lowest BCUT2D eigenvalue weighted by atomic mass is 10.1. The van der Waals surface area contributed by atoms with E-state index in [2.05, 4.69) is 10.3 Å². The number of carbonyl (C=O) groups excluding carboxylic acids is 2. The first-order chi connectivity index (χ1) is 15.3. The number of hydrogen-bond donors (Lipinski definition) is 1. The number of likely N-dealkylation sites (tertiary alicyclic amines) is 2. The van der Waals surface area contributed by atoms with Crippen LogP contribution in [-0.2, 0) is 9.59 Å². The molecular weight excluding hydrogens is 412 g/mol. The molecule has 0 unspecified atom stereocenters. The molecular formula is C22H32N6O4. The maximum atomic E-state index is 13.2. The highest BCUT2D eigenvalue weighted by atomic mass is 16.6. The van der Waals surface area contributed by atoms with Crippen LogP contribution in [0.5, 0.6) is 0 Å². The Kier molecular flexibility index (Phi) is 8.02. The lowest BCUT2D eigenvalue weighted by molar-refractivity contribution is -0.463. The normalized spacial score (nSPS) is 19.6.